The minimum absolute atomic E-state index is 0.506. The number of ether oxygens (including phenoxy) is 1. The van der Waals surface area contributed by atoms with Gasteiger partial charge in [-0.15, -0.1) is 0 Å². The lowest BCUT2D eigenvalue weighted by atomic mass is 9.78. The summed E-state index contributed by atoms with van der Waals surface area (Å²) in [6.07, 6.45) is 0. The summed E-state index contributed by atoms with van der Waals surface area (Å²) in [5.41, 5.74) is 4.08. The lowest BCUT2D eigenvalue weighted by Gasteiger charge is -2.27. The third-order valence-corrected chi connectivity index (χ3v) is 3.91. The molecular formula is C18H24BNO. The van der Waals surface area contributed by atoms with Crippen molar-refractivity contribution in [2.24, 2.45) is 0 Å². The summed E-state index contributed by atoms with van der Waals surface area (Å²) in [5.74, 6) is 0.911. The van der Waals surface area contributed by atoms with Crippen LogP contribution in [0.25, 0.3) is 0 Å². The van der Waals surface area contributed by atoms with Gasteiger partial charge >= 0.3 is 0 Å². The summed E-state index contributed by atoms with van der Waals surface area (Å²) in [4.78, 5) is 2.49. The van der Waals surface area contributed by atoms with Crippen LogP contribution in [0.1, 0.15) is 25.0 Å². The molecule has 0 unspecified atom stereocenters. The van der Waals surface area contributed by atoms with Crippen molar-refractivity contribution in [1.29, 1.82) is 0 Å². The highest BCUT2D eigenvalue weighted by molar-refractivity contribution is 6.50. The molecule has 0 amide bonds. The van der Waals surface area contributed by atoms with E-state index in [4.69, 9.17) is 4.74 Å². The molecule has 0 aliphatic rings. The summed E-state index contributed by atoms with van der Waals surface area (Å²) >= 11 is 0. The van der Waals surface area contributed by atoms with Crippen molar-refractivity contribution in [3.63, 3.8) is 0 Å². The molecule has 0 atom stereocenters. The number of methoxy groups -OCH3 is 1. The van der Waals surface area contributed by atoms with Crippen molar-refractivity contribution < 1.29 is 4.74 Å². The highest BCUT2D eigenvalue weighted by atomic mass is 16.5. The maximum absolute atomic E-state index is 5.22. The molecule has 21 heavy (non-hydrogen) atoms. The third kappa shape index (κ3) is 4.37. The second-order valence-electron chi connectivity index (χ2n) is 5.77. The van der Waals surface area contributed by atoms with Crippen LogP contribution in [-0.4, -0.2) is 25.4 Å². The van der Waals surface area contributed by atoms with E-state index in [1.807, 2.05) is 12.1 Å². The van der Waals surface area contributed by atoms with E-state index in [-0.39, 0.29) is 0 Å². The van der Waals surface area contributed by atoms with E-state index < -0.39 is 0 Å². The van der Waals surface area contributed by atoms with Crippen LogP contribution in [0.4, 0.5) is 0 Å². The molecule has 2 aromatic rings. The van der Waals surface area contributed by atoms with Crippen LogP contribution in [0.2, 0.25) is 0 Å². The van der Waals surface area contributed by atoms with Crippen molar-refractivity contribution in [3.05, 3.63) is 59.7 Å². The van der Waals surface area contributed by atoms with E-state index in [9.17, 15) is 0 Å². The summed E-state index contributed by atoms with van der Waals surface area (Å²) in [7, 11) is 2.66. The monoisotopic (exact) mass is 281 g/mol. The SMILES string of the molecule is COc1ccc(BN(Cc2ccccc2C)C(C)C)cc1. The zero-order chi connectivity index (χ0) is 15.2. The average Bonchev–Trinajstić information content (AvgIpc) is 2.49. The normalized spacial score (nSPS) is 11.0. The van der Waals surface area contributed by atoms with Gasteiger partial charge in [-0.05, 0) is 36.2 Å². The number of nitrogens with zero attached hydrogens (tertiary/aromatic N) is 1. The number of rotatable bonds is 6. The molecule has 3 heteroatoms. The number of aryl methyl sites for hydroxylation is 1. The predicted octanol–water partition coefficient (Wildman–Crippen LogP) is 2.89. The van der Waals surface area contributed by atoms with Crippen LogP contribution in [0.5, 0.6) is 5.75 Å². The minimum atomic E-state index is 0.506. The second-order valence-corrected chi connectivity index (χ2v) is 5.77. The first-order chi connectivity index (χ1) is 10.1. The summed E-state index contributed by atoms with van der Waals surface area (Å²) in [6, 6.07) is 17.5. The maximum atomic E-state index is 5.22. The van der Waals surface area contributed by atoms with E-state index in [1.165, 1.54) is 16.6 Å². The molecule has 0 aromatic heterocycles. The van der Waals surface area contributed by atoms with Crippen molar-refractivity contribution in [1.82, 2.24) is 4.81 Å². The Kier molecular flexibility index (Phi) is 5.46. The molecular weight excluding hydrogens is 257 g/mol. The average molecular weight is 281 g/mol. The first-order valence-corrected chi connectivity index (χ1v) is 7.51. The molecule has 0 aliphatic carbocycles. The topological polar surface area (TPSA) is 12.5 Å². The van der Waals surface area contributed by atoms with Gasteiger partial charge < -0.3 is 9.55 Å². The van der Waals surface area contributed by atoms with E-state index in [2.05, 4.69) is 62.0 Å². The van der Waals surface area contributed by atoms with Crippen LogP contribution in [0.15, 0.2) is 48.5 Å². The highest BCUT2D eigenvalue weighted by Gasteiger charge is 2.13. The Bertz CT molecular complexity index is 566. The van der Waals surface area contributed by atoms with Crippen molar-refractivity contribution in [3.8, 4) is 5.75 Å². The van der Waals surface area contributed by atoms with Gasteiger partial charge in [-0.2, -0.15) is 0 Å². The van der Waals surface area contributed by atoms with Gasteiger partial charge in [0.25, 0.3) is 0 Å². The van der Waals surface area contributed by atoms with E-state index >= 15 is 0 Å². The van der Waals surface area contributed by atoms with Gasteiger partial charge in [0, 0.05) is 6.54 Å². The molecule has 0 saturated heterocycles. The Morgan fingerprint density at radius 3 is 2.29 bits per heavy atom. The van der Waals surface area contributed by atoms with Gasteiger partial charge in [0.15, 0.2) is 0 Å². The lowest BCUT2D eigenvalue weighted by Crippen LogP contribution is -2.40. The molecule has 0 aliphatic heterocycles. The van der Waals surface area contributed by atoms with Crippen LogP contribution >= 0.6 is 0 Å². The van der Waals surface area contributed by atoms with Crippen LogP contribution in [-0.2, 0) is 6.54 Å². The summed E-state index contributed by atoms with van der Waals surface area (Å²) in [6.45, 7) is 7.67. The largest absolute Gasteiger partial charge is 0.497 e. The first kappa shape index (κ1) is 15.6. The van der Waals surface area contributed by atoms with Crippen LogP contribution in [0, 0.1) is 6.92 Å². The number of hydrogen-bond acceptors (Lipinski definition) is 2. The molecule has 0 bridgehead atoms. The van der Waals surface area contributed by atoms with E-state index in [0.717, 1.165) is 19.7 Å². The highest BCUT2D eigenvalue weighted by Crippen LogP contribution is 2.12. The maximum Gasteiger partial charge on any atom is 0.239 e. The van der Waals surface area contributed by atoms with Gasteiger partial charge in [-0.3, -0.25) is 0 Å². The molecule has 0 spiro atoms. The lowest BCUT2D eigenvalue weighted by molar-refractivity contribution is 0.368. The first-order valence-electron chi connectivity index (χ1n) is 7.51. The third-order valence-electron chi connectivity index (χ3n) is 3.91. The Labute approximate surface area is 129 Å². The fourth-order valence-corrected chi connectivity index (χ4v) is 2.39. The zero-order valence-corrected chi connectivity index (χ0v) is 13.5. The van der Waals surface area contributed by atoms with Crippen LogP contribution < -0.4 is 10.2 Å². The molecule has 2 rings (SSSR count). The number of benzene rings is 2. The molecule has 0 radical (unpaired) electrons. The predicted molar refractivity (Wildman–Crippen MR) is 91.6 cm³/mol. The molecule has 0 N–H and O–H groups in total. The molecule has 0 heterocycles. The fraction of sp³-hybridized carbons (Fsp3) is 0.333. The van der Waals surface area contributed by atoms with Crippen molar-refractivity contribution >= 4 is 12.9 Å². The van der Waals surface area contributed by atoms with Gasteiger partial charge in [-0.25, -0.2) is 0 Å². The molecule has 2 aromatic carbocycles. The molecule has 0 saturated carbocycles. The smallest absolute Gasteiger partial charge is 0.239 e. The van der Waals surface area contributed by atoms with E-state index in [0.29, 0.717) is 6.04 Å². The quantitative estimate of drug-likeness (QED) is 0.755. The van der Waals surface area contributed by atoms with Crippen molar-refractivity contribution in [2.75, 3.05) is 7.11 Å². The standard InChI is InChI=1S/C18H24BNO/c1-14(2)20(13-16-8-6-5-7-15(16)3)19-17-9-11-18(21-4)12-10-17/h5-12,14,19H,13H2,1-4H3. The van der Waals surface area contributed by atoms with Gasteiger partial charge in [0.2, 0.25) is 7.41 Å². The molecule has 110 valence electrons. The molecule has 0 fully saturated rings. The summed E-state index contributed by atoms with van der Waals surface area (Å²) in [5, 5.41) is 0. The Morgan fingerprint density at radius 2 is 1.71 bits per heavy atom. The van der Waals surface area contributed by atoms with Crippen molar-refractivity contribution in [2.45, 2.75) is 33.4 Å². The Balaban J connectivity index is 2.10. The number of hydrogen-bond donors (Lipinski definition) is 0. The minimum Gasteiger partial charge on any atom is -0.497 e. The Hall–Kier alpha value is -1.74. The van der Waals surface area contributed by atoms with E-state index in [1.54, 1.807) is 7.11 Å². The molecule has 2 nitrogen and oxygen atoms in total. The van der Waals surface area contributed by atoms with Crippen LogP contribution in [0.3, 0.4) is 0 Å². The van der Waals surface area contributed by atoms with Gasteiger partial charge in [-0.1, -0.05) is 55.7 Å². The summed E-state index contributed by atoms with van der Waals surface area (Å²) < 4.78 is 5.22. The zero-order valence-electron chi connectivity index (χ0n) is 13.5. The fourth-order valence-electron chi connectivity index (χ4n) is 2.39. The van der Waals surface area contributed by atoms with Gasteiger partial charge in [0.05, 0.1) is 7.11 Å². The Morgan fingerprint density at radius 1 is 1.05 bits per heavy atom. The second kappa shape index (κ2) is 7.32. The van der Waals surface area contributed by atoms with Gasteiger partial charge in [0.1, 0.15) is 5.75 Å².